The molecule has 0 amide bonds. The first-order valence-electron chi connectivity index (χ1n) is 5.55. The summed E-state index contributed by atoms with van der Waals surface area (Å²) in [5.74, 6) is 0.134. The van der Waals surface area contributed by atoms with Gasteiger partial charge in [0.2, 0.25) is 0 Å². The van der Waals surface area contributed by atoms with Gasteiger partial charge in [-0.3, -0.25) is 4.98 Å². The number of hydrogen-bond acceptors (Lipinski definition) is 4. The van der Waals surface area contributed by atoms with Crippen LogP contribution in [0.2, 0.25) is 5.15 Å². The number of hydrogen-bond donors (Lipinski definition) is 1. The minimum Gasteiger partial charge on any atom is -0.480 e. The van der Waals surface area contributed by atoms with Gasteiger partial charge in [-0.25, -0.2) is 9.78 Å². The molecule has 1 aliphatic heterocycles. The van der Waals surface area contributed by atoms with E-state index in [9.17, 15) is 9.90 Å². The molecule has 2 unspecified atom stereocenters. The van der Waals surface area contributed by atoms with Gasteiger partial charge in [-0.15, -0.1) is 0 Å². The van der Waals surface area contributed by atoms with Crippen molar-refractivity contribution < 1.29 is 9.90 Å². The van der Waals surface area contributed by atoms with Gasteiger partial charge in [0.15, 0.2) is 0 Å². The summed E-state index contributed by atoms with van der Waals surface area (Å²) < 4.78 is 0. The molecule has 1 aromatic heterocycles. The zero-order valence-corrected chi connectivity index (χ0v) is 10.3. The second-order valence-corrected chi connectivity index (χ2v) is 4.76. The fourth-order valence-electron chi connectivity index (χ4n) is 2.12. The minimum absolute atomic E-state index is 0.283. The van der Waals surface area contributed by atoms with Crippen molar-refractivity contribution in [2.24, 2.45) is 5.92 Å². The van der Waals surface area contributed by atoms with Crippen molar-refractivity contribution in [3.63, 3.8) is 0 Å². The Morgan fingerprint density at radius 3 is 3.00 bits per heavy atom. The van der Waals surface area contributed by atoms with Crippen molar-refractivity contribution in [1.29, 1.82) is 0 Å². The molecule has 2 atom stereocenters. The van der Waals surface area contributed by atoms with Crippen molar-refractivity contribution in [3.8, 4) is 0 Å². The molecule has 17 heavy (non-hydrogen) atoms. The van der Waals surface area contributed by atoms with Gasteiger partial charge in [0.25, 0.3) is 0 Å². The molecular weight excluding hydrogens is 242 g/mol. The summed E-state index contributed by atoms with van der Waals surface area (Å²) in [7, 11) is 0. The molecule has 0 saturated carbocycles. The standard InChI is InChI=1S/C11H14ClN3O2/c1-7-2-3-15(8(4-7)11(16)17)10-6-13-5-9(12)14-10/h5-8H,2-4H2,1H3,(H,16,17). The Bertz CT molecular complexity index is 427. The van der Waals surface area contributed by atoms with Gasteiger partial charge >= 0.3 is 5.97 Å². The first-order chi connectivity index (χ1) is 8.08. The summed E-state index contributed by atoms with van der Waals surface area (Å²) in [5.41, 5.74) is 0. The van der Waals surface area contributed by atoms with E-state index in [4.69, 9.17) is 11.6 Å². The van der Waals surface area contributed by atoms with E-state index in [2.05, 4.69) is 16.9 Å². The summed E-state index contributed by atoms with van der Waals surface area (Å²) in [6.45, 7) is 2.74. The van der Waals surface area contributed by atoms with Crippen LogP contribution in [0.5, 0.6) is 0 Å². The van der Waals surface area contributed by atoms with Crippen LogP contribution in [-0.4, -0.2) is 33.6 Å². The van der Waals surface area contributed by atoms with Crippen LogP contribution in [0.1, 0.15) is 19.8 Å². The molecule has 1 saturated heterocycles. The Hall–Kier alpha value is -1.36. The number of rotatable bonds is 2. The summed E-state index contributed by atoms with van der Waals surface area (Å²) in [6, 6.07) is -0.536. The maximum absolute atomic E-state index is 11.2. The first kappa shape index (κ1) is 12.1. The molecule has 0 aliphatic carbocycles. The topological polar surface area (TPSA) is 66.3 Å². The quantitative estimate of drug-likeness (QED) is 0.873. The lowest BCUT2D eigenvalue weighted by Crippen LogP contribution is -2.47. The highest BCUT2D eigenvalue weighted by atomic mass is 35.5. The lowest BCUT2D eigenvalue weighted by atomic mass is 9.92. The summed E-state index contributed by atoms with van der Waals surface area (Å²) >= 11 is 5.77. The van der Waals surface area contributed by atoms with Crippen LogP contribution < -0.4 is 4.90 Å². The molecule has 0 bridgehead atoms. The van der Waals surface area contributed by atoms with Gasteiger partial charge in [-0.1, -0.05) is 18.5 Å². The minimum atomic E-state index is -0.821. The van der Waals surface area contributed by atoms with Crippen molar-refractivity contribution in [2.45, 2.75) is 25.8 Å². The summed E-state index contributed by atoms with van der Waals surface area (Å²) in [5, 5.41) is 9.52. The Morgan fingerprint density at radius 2 is 2.35 bits per heavy atom. The molecule has 0 spiro atoms. The average Bonchev–Trinajstić information content (AvgIpc) is 2.28. The zero-order valence-electron chi connectivity index (χ0n) is 9.51. The fourth-order valence-corrected chi connectivity index (χ4v) is 2.26. The highest BCUT2D eigenvalue weighted by Gasteiger charge is 2.32. The Labute approximate surface area is 104 Å². The highest BCUT2D eigenvalue weighted by Crippen LogP contribution is 2.27. The molecule has 1 N–H and O–H groups in total. The Morgan fingerprint density at radius 1 is 1.59 bits per heavy atom. The fraction of sp³-hybridized carbons (Fsp3) is 0.545. The Kier molecular flexibility index (Phi) is 3.47. The third-order valence-corrected chi connectivity index (χ3v) is 3.22. The molecular formula is C11H14ClN3O2. The van der Waals surface area contributed by atoms with E-state index >= 15 is 0 Å². The molecule has 6 heteroatoms. The van der Waals surface area contributed by atoms with E-state index < -0.39 is 12.0 Å². The molecule has 0 radical (unpaired) electrons. The van der Waals surface area contributed by atoms with Gasteiger partial charge in [-0.05, 0) is 18.8 Å². The van der Waals surface area contributed by atoms with Crippen LogP contribution in [-0.2, 0) is 4.79 Å². The molecule has 92 valence electrons. The van der Waals surface area contributed by atoms with Crippen LogP contribution in [0.25, 0.3) is 0 Å². The van der Waals surface area contributed by atoms with Crippen molar-refractivity contribution >= 4 is 23.4 Å². The number of anilines is 1. The third kappa shape index (κ3) is 2.66. The van der Waals surface area contributed by atoms with E-state index in [1.165, 1.54) is 6.20 Å². The summed E-state index contributed by atoms with van der Waals surface area (Å²) in [6.07, 6.45) is 4.58. The molecule has 2 heterocycles. The second-order valence-electron chi connectivity index (χ2n) is 4.38. The van der Waals surface area contributed by atoms with Crippen molar-refractivity contribution in [1.82, 2.24) is 9.97 Å². The number of piperidine rings is 1. The Balaban J connectivity index is 2.26. The van der Waals surface area contributed by atoms with Gasteiger partial charge < -0.3 is 10.0 Å². The van der Waals surface area contributed by atoms with E-state index in [-0.39, 0.29) is 5.15 Å². The van der Waals surface area contributed by atoms with Crippen LogP contribution in [0.3, 0.4) is 0 Å². The maximum Gasteiger partial charge on any atom is 0.326 e. The monoisotopic (exact) mass is 255 g/mol. The van der Waals surface area contributed by atoms with Gasteiger partial charge in [0.05, 0.1) is 12.4 Å². The van der Waals surface area contributed by atoms with Crippen LogP contribution in [0, 0.1) is 5.92 Å². The second kappa shape index (κ2) is 4.87. The molecule has 1 aromatic rings. The van der Waals surface area contributed by atoms with E-state index in [0.29, 0.717) is 24.7 Å². The number of carbonyl (C=O) groups is 1. The predicted molar refractivity (Wildman–Crippen MR) is 64.2 cm³/mol. The predicted octanol–water partition coefficient (Wildman–Crippen LogP) is 1.82. The summed E-state index contributed by atoms with van der Waals surface area (Å²) in [4.78, 5) is 21.1. The molecule has 0 aromatic carbocycles. The molecule has 5 nitrogen and oxygen atoms in total. The van der Waals surface area contributed by atoms with Crippen molar-refractivity contribution in [3.05, 3.63) is 17.5 Å². The number of aliphatic carboxylic acids is 1. The van der Waals surface area contributed by atoms with Gasteiger partial charge in [0, 0.05) is 6.54 Å². The lowest BCUT2D eigenvalue weighted by Gasteiger charge is -2.36. The average molecular weight is 256 g/mol. The molecule has 2 rings (SSSR count). The van der Waals surface area contributed by atoms with Crippen LogP contribution in [0.15, 0.2) is 12.4 Å². The van der Waals surface area contributed by atoms with E-state index in [1.807, 2.05) is 0 Å². The zero-order chi connectivity index (χ0) is 12.4. The maximum atomic E-state index is 11.2. The third-order valence-electron chi connectivity index (χ3n) is 3.04. The van der Waals surface area contributed by atoms with E-state index in [0.717, 1.165) is 6.42 Å². The highest BCUT2D eigenvalue weighted by molar-refractivity contribution is 6.29. The number of carboxylic acid groups (broad SMARTS) is 1. The SMILES string of the molecule is CC1CCN(c2cncc(Cl)n2)C(C(=O)O)C1. The van der Waals surface area contributed by atoms with Gasteiger partial charge in [-0.2, -0.15) is 0 Å². The molecule has 1 fully saturated rings. The first-order valence-corrected chi connectivity index (χ1v) is 5.92. The number of carboxylic acids is 1. The number of halogens is 1. The molecule has 1 aliphatic rings. The largest absolute Gasteiger partial charge is 0.480 e. The van der Waals surface area contributed by atoms with Gasteiger partial charge in [0.1, 0.15) is 17.0 Å². The number of aromatic nitrogens is 2. The lowest BCUT2D eigenvalue weighted by molar-refractivity contribution is -0.139. The van der Waals surface area contributed by atoms with Crippen molar-refractivity contribution in [2.75, 3.05) is 11.4 Å². The van der Waals surface area contributed by atoms with Crippen LogP contribution in [0.4, 0.5) is 5.82 Å². The smallest absolute Gasteiger partial charge is 0.326 e. The van der Waals surface area contributed by atoms with E-state index in [1.54, 1.807) is 11.1 Å². The normalized spacial score (nSPS) is 24.7. The number of nitrogens with zero attached hydrogens (tertiary/aromatic N) is 3. The van der Waals surface area contributed by atoms with Crippen LogP contribution >= 0.6 is 11.6 Å².